The van der Waals surface area contributed by atoms with Gasteiger partial charge < -0.3 is 15.2 Å². The predicted octanol–water partition coefficient (Wildman–Crippen LogP) is 1.23. The average Bonchev–Trinajstić information content (AvgIpc) is 2.90. The normalized spacial score (nSPS) is 21.6. The molecular formula is C16H18N4O6. The maximum Gasteiger partial charge on any atom is 0.308 e. The molecule has 0 aliphatic carbocycles. The Kier molecular flexibility index (Phi) is 4.74. The number of piperidine rings is 1. The number of nitrogens with zero attached hydrogens (tertiary/aromatic N) is 4. The summed E-state index contributed by atoms with van der Waals surface area (Å²) in [6.07, 6.45) is -0.0514. The second-order valence-electron chi connectivity index (χ2n) is 6.16. The van der Waals surface area contributed by atoms with Crippen LogP contribution in [0.15, 0.2) is 29.5 Å². The van der Waals surface area contributed by atoms with E-state index in [9.17, 15) is 19.6 Å². The van der Waals surface area contributed by atoms with Crippen LogP contribution < -0.4 is 0 Å². The first kappa shape index (κ1) is 17.6. The van der Waals surface area contributed by atoms with Crippen molar-refractivity contribution in [2.24, 2.45) is 11.2 Å². The molecule has 1 aromatic rings. The van der Waals surface area contributed by atoms with Crippen LogP contribution in [0.1, 0.15) is 40.5 Å². The number of rotatable bonds is 5. The molecule has 1 fully saturated rings. The van der Waals surface area contributed by atoms with Crippen LogP contribution in [0, 0.1) is 11.1 Å². The molecular weight excluding hydrogens is 344 g/mol. The molecule has 0 bridgehead atoms. The smallest absolute Gasteiger partial charge is 0.308 e. The lowest BCUT2D eigenvalue weighted by Crippen LogP contribution is -2.43. The fourth-order valence-electron chi connectivity index (χ4n) is 3.06. The number of amides is 2. The number of hydrogen-bond donors (Lipinski definition) is 1. The van der Waals surface area contributed by atoms with Gasteiger partial charge in [-0.1, -0.05) is 12.1 Å². The predicted molar refractivity (Wildman–Crippen MR) is 85.5 cm³/mol. The molecule has 1 saturated heterocycles. The van der Waals surface area contributed by atoms with E-state index in [0.29, 0.717) is 19.4 Å². The number of aliphatic carboxylic acids is 1. The Morgan fingerprint density at radius 1 is 1.35 bits per heavy atom. The maximum absolute atomic E-state index is 12.3. The molecule has 2 amide bonds. The summed E-state index contributed by atoms with van der Waals surface area (Å²) >= 11 is 0. The summed E-state index contributed by atoms with van der Waals surface area (Å²) in [6.45, 7) is 1.80. The van der Waals surface area contributed by atoms with Gasteiger partial charge in [-0.25, -0.2) is 4.90 Å². The molecule has 2 aliphatic heterocycles. The molecule has 2 atom stereocenters. The van der Waals surface area contributed by atoms with Crippen molar-refractivity contribution in [3.63, 3.8) is 0 Å². The van der Waals surface area contributed by atoms with E-state index in [1.807, 2.05) is 0 Å². The minimum Gasteiger partial charge on any atom is -0.569 e. The minimum atomic E-state index is -1.08. The van der Waals surface area contributed by atoms with Gasteiger partial charge in [-0.15, -0.1) is 5.01 Å². The van der Waals surface area contributed by atoms with Gasteiger partial charge in [-0.05, 0) is 31.9 Å². The van der Waals surface area contributed by atoms with Crippen molar-refractivity contribution in [1.82, 2.24) is 9.91 Å². The van der Waals surface area contributed by atoms with E-state index in [0.717, 1.165) is 4.90 Å². The Balaban J connectivity index is 1.66. The van der Waals surface area contributed by atoms with E-state index < -0.39 is 29.9 Å². The van der Waals surface area contributed by atoms with E-state index >= 15 is 0 Å². The van der Waals surface area contributed by atoms with Crippen LogP contribution in [0.2, 0.25) is 0 Å². The summed E-state index contributed by atoms with van der Waals surface area (Å²) in [4.78, 5) is 41.8. The number of carboxylic acid groups (broad SMARTS) is 1. The summed E-state index contributed by atoms with van der Waals surface area (Å²) in [7, 11) is 0. The fourth-order valence-corrected chi connectivity index (χ4v) is 3.06. The van der Waals surface area contributed by atoms with Gasteiger partial charge in [0.25, 0.3) is 11.8 Å². The first-order chi connectivity index (χ1) is 12.4. The summed E-state index contributed by atoms with van der Waals surface area (Å²) in [5.74, 6) is -2.66. The number of imide groups is 1. The topological polar surface area (TPSA) is 126 Å². The Morgan fingerprint density at radius 3 is 2.54 bits per heavy atom. The SMILES string of the molecule is CC(ON=[N+]([O-])N1CCCC(C(=O)O)C1)N1C(=O)c2ccccc2C1=O. The van der Waals surface area contributed by atoms with Gasteiger partial charge >= 0.3 is 5.97 Å². The zero-order valence-electron chi connectivity index (χ0n) is 14.1. The molecule has 1 N–H and O–H groups in total. The van der Waals surface area contributed by atoms with Crippen molar-refractivity contribution in [1.29, 1.82) is 0 Å². The number of hydrazine groups is 1. The third kappa shape index (κ3) is 3.17. The van der Waals surface area contributed by atoms with Crippen LogP contribution in [0.4, 0.5) is 0 Å². The Morgan fingerprint density at radius 2 is 1.96 bits per heavy atom. The highest BCUT2D eigenvalue weighted by molar-refractivity contribution is 6.21. The summed E-state index contributed by atoms with van der Waals surface area (Å²) in [5.41, 5.74) is 0.541. The van der Waals surface area contributed by atoms with Gasteiger partial charge in [0.15, 0.2) is 0 Å². The second-order valence-corrected chi connectivity index (χ2v) is 6.16. The van der Waals surface area contributed by atoms with E-state index in [-0.39, 0.29) is 22.6 Å². The molecule has 0 aromatic heterocycles. The summed E-state index contributed by atoms with van der Waals surface area (Å²) in [6, 6.07) is 6.38. The van der Waals surface area contributed by atoms with Crippen LogP contribution in [-0.4, -0.2) is 57.1 Å². The van der Waals surface area contributed by atoms with Crippen molar-refractivity contribution < 1.29 is 29.3 Å². The summed E-state index contributed by atoms with van der Waals surface area (Å²) < 4.78 is 0. The molecule has 2 unspecified atom stereocenters. The molecule has 10 nitrogen and oxygen atoms in total. The fraction of sp³-hybridized carbons (Fsp3) is 0.438. The molecule has 0 radical (unpaired) electrons. The van der Waals surface area contributed by atoms with E-state index in [2.05, 4.69) is 5.28 Å². The maximum atomic E-state index is 12.3. The molecule has 2 heterocycles. The number of carbonyl (C=O) groups excluding carboxylic acids is 2. The third-order valence-corrected chi connectivity index (χ3v) is 4.45. The third-order valence-electron chi connectivity index (χ3n) is 4.45. The van der Waals surface area contributed by atoms with Crippen LogP contribution in [-0.2, 0) is 9.63 Å². The second kappa shape index (κ2) is 6.98. The van der Waals surface area contributed by atoms with Gasteiger partial charge in [0.1, 0.15) is 0 Å². The Labute approximate surface area is 148 Å². The number of carboxylic acids is 1. The number of hydrogen-bond acceptors (Lipinski definition) is 6. The molecule has 10 heteroatoms. The average molecular weight is 362 g/mol. The largest absolute Gasteiger partial charge is 0.569 e. The molecule has 1 aromatic carbocycles. The van der Waals surface area contributed by atoms with E-state index in [1.165, 1.54) is 11.9 Å². The molecule has 0 spiro atoms. The van der Waals surface area contributed by atoms with Crippen LogP contribution in [0.25, 0.3) is 0 Å². The van der Waals surface area contributed by atoms with Crippen molar-refractivity contribution in [3.8, 4) is 0 Å². The highest BCUT2D eigenvalue weighted by atomic mass is 16.7. The van der Waals surface area contributed by atoms with Gasteiger partial charge in [-0.2, -0.15) is 0 Å². The molecule has 3 rings (SSSR count). The molecule has 26 heavy (non-hydrogen) atoms. The van der Waals surface area contributed by atoms with Crippen LogP contribution >= 0.6 is 0 Å². The molecule has 0 saturated carbocycles. The minimum absolute atomic E-state index is 0.0209. The highest BCUT2D eigenvalue weighted by Gasteiger charge is 2.40. The first-order valence-electron chi connectivity index (χ1n) is 8.18. The van der Waals surface area contributed by atoms with Gasteiger partial charge in [0.05, 0.1) is 35.1 Å². The Bertz CT molecular complexity index is 745. The number of carbonyl (C=O) groups is 3. The number of benzene rings is 1. The quantitative estimate of drug-likeness (QED) is 0.361. The van der Waals surface area contributed by atoms with E-state index in [1.54, 1.807) is 24.3 Å². The van der Waals surface area contributed by atoms with Crippen molar-refractivity contribution in [2.75, 3.05) is 13.1 Å². The molecule has 138 valence electrons. The van der Waals surface area contributed by atoms with Crippen LogP contribution in [0.3, 0.4) is 0 Å². The zero-order valence-corrected chi connectivity index (χ0v) is 14.1. The van der Waals surface area contributed by atoms with Crippen molar-refractivity contribution in [3.05, 3.63) is 40.6 Å². The summed E-state index contributed by atoms with van der Waals surface area (Å²) in [5, 5.41) is 25.7. The van der Waals surface area contributed by atoms with Gasteiger partial charge in [0.2, 0.25) is 11.5 Å². The van der Waals surface area contributed by atoms with Crippen LogP contribution in [0.5, 0.6) is 0 Å². The standard InChI is InChI=1S/C16H18N4O6/c1-10(19-14(21)12-6-2-3-7-13(12)15(19)22)26-17-20(25)18-8-4-5-11(9-18)16(23)24/h2-3,6-7,10-11H,4-5,8-9H2,1H3,(H,23,24). The van der Waals surface area contributed by atoms with Gasteiger partial charge in [0, 0.05) is 0 Å². The highest BCUT2D eigenvalue weighted by Crippen LogP contribution is 2.25. The van der Waals surface area contributed by atoms with E-state index in [4.69, 9.17) is 9.94 Å². The van der Waals surface area contributed by atoms with Crippen molar-refractivity contribution in [2.45, 2.75) is 26.0 Å². The lowest BCUT2D eigenvalue weighted by atomic mass is 10.00. The lowest BCUT2D eigenvalue weighted by Gasteiger charge is -2.26. The molecule has 2 aliphatic rings. The number of fused-ring (bicyclic) bond motifs is 1. The Hall–Kier alpha value is -3.17. The lowest BCUT2D eigenvalue weighted by molar-refractivity contribution is -0.715. The monoisotopic (exact) mass is 362 g/mol. The first-order valence-corrected chi connectivity index (χ1v) is 8.18. The van der Waals surface area contributed by atoms with Gasteiger partial charge in [-0.3, -0.25) is 14.4 Å². The zero-order chi connectivity index (χ0) is 18.8. The van der Waals surface area contributed by atoms with Crippen molar-refractivity contribution >= 4 is 17.8 Å².